The Labute approximate surface area is 82.3 Å². The first-order valence-electron chi connectivity index (χ1n) is 5.10. The summed E-state index contributed by atoms with van der Waals surface area (Å²) in [6.07, 6.45) is 0. The lowest BCUT2D eigenvalue weighted by Gasteiger charge is -2.33. The summed E-state index contributed by atoms with van der Waals surface area (Å²) in [5.74, 6) is 0.890. The normalized spacial score (nSPS) is 21.2. The van der Waals surface area contributed by atoms with Crippen LogP contribution in [0, 0.1) is 11.8 Å². The monoisotopic (exact) mass is 187 g/mol. The second kappa shape index (κ2) is 5.58. The average Bonchev–Trinajstić information content (AvgIpc) is 2.03. The molecule has 5 N–H and O–H groups in total. The van der Waals surface area contributed by atoms with Gasteiger partial charge in [0.25, 0.3) is 0 Å². The molecule has 0 aliphatic carbocycles. The molecule has 0 spiro atoms. The van der Waals surface area contributed by atoms with Crippen LogP contribution in [0.1, 0.15) is 27.7 Å². The average molecular weight is 187 g/mol. The summed E-state index contributed by atoms with van der Waals surface area (Å²) in [6.45, 7) is 8.48. The molecule has 3 nitrogen and oxygen atoms in total. The van der Waals surface area contributed by atoms with Gasteiger partial charge in [-0.3, -0.25) is 0 Å². The highest BCUT2D eigenvalue weighted by molar-refractivity contribution is 4.87. The molecule has 0 aliphatic heterocycles. The van der Waals surface area contributed by atoms with Crippen molar-refractivity contribution < 1.29 is 0 Å². The minimum atomic E-state index is 0.130. The Hall–Kier alpha value is -0.120. The highest BCUT2D eigenvalue weighted by Crippen LogP contribution is 2.13. The molecular formula is C10H25N3. The van der Waals surface area contributed by atoms with Crippen molar-refractivity contribution in [3.8, 4) is 0 Å². The van der Waals surface area contributed by atoms with Crippen molar-refractivity contribution in [1.82, 2.24) is 5.32 Å². The van der Waals surface area contributed by atoms with Gasteiger partial charge in [-0.05, 0) is 25.8 Å². The quantitative estimate of drug-likeness (QED) is 0.588. The zero-order valence-electron chi connectivity index (χ0n) is 9.54. The largest absolute Gasteiger partial charge is 0.328 e. The molecule has 0 heterocycles. The maximum Gasteiger partial charge on any atom is 0.0242 e. The fraction of sp³-hybridized carbons (Fsp3) is 1.00. The second-order valence-corrected chi connectivity index (χ2v) is 4.35. The molecule has 0 saturated carbocycles. The summed E-state index contributed by atoms with van der Waals surface area (Å²) >= 11 is 0. The molecule has 13 heavy (non-hydrogen) atoms. The molecule has 80 valence electrons. The van der Waals surface area contributed by atoms with Crippen molar-refractivity contribution in [3.63, 3.8) is 0 Å². The van der Waals surface area contributed by atoms with Gasteiger partial charge in [-0.15, -0.1) is 0 Å². The van der Waals surface area contributed by atoms with Gasteiger partial charge in [0, 0.05) is 18.1 Å². The Kier molecular flexibility index (Phi) is 5.53. The van der Waals surface area contributed by atoms with Crippen LogP contribution in [0.2, 0.25) is 0 Å². The minimum absolute atomic E-state index is 0.130. The van der Waals surface area contributed by atoms with Gasteiger partial charge in [-0.25, -0.2) is 0 Å². The van der Waals surface area contributed by atoms with E-state index < -0.39 is 0 Å². The predicted molar refractivity (Wildman–Crippen MR) is 58.5 cm³/mol. The van der Waals surface area contributed by atoms with E-state index in [4.69, 9.17) is 11.5 Å². The number of likely N-dealkylation sites (N-methyl/N-ethyl adjacent to an activating group) is 1. The summed E-state index contributed by atoms with van der Waals surface area (Å²) in [6, 6.07) is 0.635. The summed E-state index contributed by atoms with van der Waals surface area (Å²) < 4.78 is 0. The van der Waals surface area contributed by atoms with Gasteiger partial charge in [-0.1, -0.05) is 20.8 Å². The van der Waals surface area contributed by atoms with E-state index in [2.05, 4.69) is 26.1 Å². The molecule has 0 amide bonds. The van der Waals surface area contributed by atoms with E-state index in [1.54, 1.807) is 0 Å². The molecule has 0 bridgehead atoms. The number of hydrogen-bond acceptors (Lipinski definition) is 3. The lowest BCUT2D eigenvalue weighted by atomic mass is 9.85. The zero-order valence-corrected chi connectivity index (χ0v) is 9.54. The summed E-state index contributed by atoms with van der Waals surface area (Å²) in [7, 11) is 1.96. The number of rotatable bonds is 5. The zero-order chi connectivity index (χ0) is 10.6. The SMILES string of the molecule is CNC(C(C)C)C(N)C(C)C(C)N. The lowest BCUT2D eigenvalue weighted by molar-refractivity contribution is 0.274. The lowest BCUT2D eigenvalue weighted by Crippen LogP contribution is -2.53. The minimum Gasteiger partial charge on any atom is -0.328 e. The Morgan fingerprint density at radius 3 is 1.69 bits per heavy atom. The van der Waals surface area contributed by atoms with Crippen molar-refractivity contribution in [2.45, 2.75) is 45.8 Å². The molecule has 3 heteroatoms. The third-order valence-electron chi connectivity index (χ3n) is 2.90. The van der Waals surface area contributed by atoms with E-state index >= 15 is 0 Å². The molecule has 0 aliphatic rings. The Morgan fingerprint density at radius 1 is 1.00 bits per heavy atom. The molecule has 0 rings (SSSR count). The van der Waals surface area contributed by atoms with Gasteiger partial charge in [0.1, 0.15) is 0 Å². The molecule has 0 saturated heterocycles. The van der Waals surface area contributed by atoms with Crippen molar-refractivity contribution in [1.29, 1.82) is 0 Å². The van der Waals surface area contributed by atoms with Crippen LogP contribution in [0.25, 0.3) is 0 Å². The summed E-state index contributed by atoms with van der Waals surface area (Å²) in [4.78, 5) is 0. The summed E-state index contributed by atoms with van der Waals surface area (Å²) in [5, 5.41) is 3.26. The maximum atomic E-state index is 6.13. The van der Waals surface area contributed by atoms with Crippen molar-refractivity contribution in [3.05, 3.63) is 0 Å². The van der Waals surface area contributed by atoms with Crippen LogP contribution in [-0.4, -0.2) is 25.2 Å². The van der Waals surface area contributed by atoms with E-state index in [0.29, 0.717) is 17.9 Å². The van der Waals surface area contributed by atoms with E-state index in [9.17, 15) is 0 Å². The molecule has 0 aromatic heterocycles. The first-order chi connectivity index (χ1) is 5.91. The van der Waals surface area contributed by atoms with Crippen LogP contribution in [0.3, 0.4) is 0 Å². The topological polar surface area (TPSA) is 64.1 Å². The molecule has 0 aromatic rings. The molecule has 0 aromatic carbocycles. The standard InChI is InChI=1S/C10H25N3/c1-6(2)10(13-5)9(12)7(3)8(4)11/h6-10,13H,11-12H2,1-5H3. The van der Waals surface area contributed by atoms with E-state index in [1.165, 1.54) is 0 Å². The Bertz CT molecular complexity index is 134. The van der Waals surface area contributed by atoms with Gasteiger partial charge in [0.2, 0.25) is 0 Å². The molecule has 4 atom stereocenters. The van der Waals surface area contributed by atoms with Crippen LogP contribution >= 0.6 is 0 Å². The second-order valence-electron chi connectivity index (χ2n) is 4.35. The van der Waals surface area contributed by atoms with Crippen molar-refractivity contribution >= 4 is 0 Å². The number of nitrogens with one attached hydrogen (secondary N) is 1. The van der Waals surface area contributed by atoms with Gasteiger partial charge in [0.05, 0.1) is 0 Å². The molecule has 4 unspecified atom stereocenters. The smallest absolute Gasteiger partial charge is 0.0242 e. The highest BCUT2D eigenvalue weighted by atomic mass is 14.9. The van der Waals surface area contributed by atoms with Crippen LogP contribution < -0.4 is 16.8 Å². The van der Waals surface area contributed by atoms with Gasteiger partial charge < -0.3 is 16.8 Å². The van der Waals surface area contributed by atoms with Crippen LogP contribution in [0.15, 0.2) is 0 Å². The predicted octanol–water partition coefficient (Wildman–Crippen LogP) is 0.541. The fourth-order valence-corrected chi connectivity index (χ4v) is 1.65. The highest BCUT2D eigenvalue weighted by Gasteiger charge is 2.26. The van der Waals surface area contributed by atoms with Crippen LogP contribution in [0.4, 0.5) is 0 Å². The van der Waals surface area contributed by atoms with Crippen LogP contribution in [0.5, 0.6) is 0 Å². The fourth-order valence-electron chi connectivity index (χ4n) is 1.65. The first kappa shape index (κ1) is 12.9. The van der Waals surface area contributed by atoms with Crippen molar-refractivity contribution in [2.75, 3.05) is 7.05 Å². The maximum absolute atomic E-state index is 6.13. The number of nitrogens with two attached hydrogens (primary N) is 2. The third-order valence-corrected chi connectivity index (χ3v) is 2.90. The first-order valence-corrected chi connectivity index (χ1v) is 5.10. The van der Waals surface area contributed by atoms with Gasteiger partial charge in [0.15, 0.2) is 0 Å². The van der Waals surface area contributed by atoms with Crippen molar-refractivity contribution in [2.24, 2.45) is 23.3 Å². The molecule has 0 radical (unpaired) electrons. The molecule has 0 fully saturated rings. The molecular weight excluding hydrogens is 162 g/mol. The van der Waals surface area contributed by atoms with Gasteiger partial charge >= 0.3 is 0 Å². The van der Waals surface area contributed by atoms with E-state index in [1.807, 2.05) is 14.0 Å². The Balaban J connectivity index is 4.27. The van der Waals surface area contributed by atoms with Crippen LogP contribution in [-0.2, 0) is 0 Å². The Morgan fingerprint density at radius 2 is 1.46 bits per heavy atom. The van der Waals surface area contributed by atoms with E-state index in [0.717, 1.165) is 0 Å². The summed E-state index contributed by atoms with van der Waals surface area (Å²) in [5.41, 5.74) is 12.0. The number of hydrogen-bond donors (Lipinski definition) is 3. The third kappa shape index (κ3) is 3.63. The van der Waals surface area contributed by atoms with E-state index in [-0.39, 0.29) is 12.1 Å². The van der Waals surface area contributed by atoms with Gasteiger partial charge in [-0.2, -0.15) is 0 Å².